The van der Waals surface area contributed by atoms with Crippen molar-refractivity contribution >= 4 is 28.3 Å². The van der Waals surface area contributed by atoms with E-state index in [-0.39, 0.29) is 12.4 Å². The van der Waals surface area contributed by atoms with Crippen LogP contribution >= 0.6 is 28.3 Å². The molecule has 0 aromatic heterocycles. The number of benzene rings is 1. The van der Waals surface area contributed by atoms with Crippen LogP contribution in [-0.2, 0) is 6.42 Å². The lowest BCUT2D eigenvalue weighted by Gasteiger charge is -2.06. The molecular weight excluding hydrogens is 253 g/mol. The van der Waals surface area contributed by atoms with E-state index in [9.17, 15) is 5.11 Å². The second-order valence-electron chi connectivity index (χ2n) is 2.72. The van der Waals surface area contributed by atoms with Crippen LogP contribution in [0.15, 0.2) is 28.7 Å². The highest BCUT2D eigenvalue weighted by Gasteiger charge is 2.01. The summed E-state index contributed by atoms with van der Waals surface area (Å²) in [5.41, 5.74) is 6.40. The standard InChI is InChI=1S/C9H12BrNO.ClH/c10-8-3-1-7(2-4-8)5-9(12)6-11;/h1-4,9,12H,5-6,11H2;1H. The Kier molecular flexibility index (Phi) is 6.33. The highest BCUT2D eigenvalue weighted by Crippen LogP contribution is 2.11. The summed E-state index contributed by atoms with van der Waals surface area (Å²) in [5, 5.41) is 9.24. The molecule has 0 aliphatic heterocycles. The number of halogens is 2. The van der Waals surface area contributed by atoms with Gasteiger partial charge in [-0.15, -0.1) is 12.4 Å². The topological polar surface area (TPSA) is 46.2 Å². The van der Waals surface area contributed by atoms with Gasteiger partial charge in [0.25, 0.3) is 0 Å². The van der Waals surface area contributed by atoms with E-state index in [1.54, 1.807) is 0 Å². The number of hydrogen-bond acceptors (Lipinski definition) is 2. The van der Waals surface area contributed by atoms with Crippen LogP contribution in [0.3, 0.4) is 0 Å². The van der Waals surface area contributed by atoms with Crippen molar-refractivity contribution < 1.29 is 5.11 Å². The fraction of sp³-hybridized carbons (Fsp3) is 0.333. The minimum absolute atomic E-state index is 0. The highest BCUT2D eigenvalue weighted by molar-refractivity contribution is 9.10. The Morgan fingerprint density at radius 1 is 1.31 bits per heavy atom. The Morgan fingerprint density at radius 2 is 1.85 bits per heavy atom. The van der Waals surface area contributed by atoms with Gasteiger partial charge >= 0.3 is 0 Å². The van der Waals surface area contributed by atoms with Gasteiger partial charge in [0.05, 0.1) is 6.10 Å². The molecule has 0 radical (unpaired) electrons. The largest absolute Gasteiger partial charge is 0.391 e. The second-order valence-corrected chi connectivity index (χ2v) is 3.64. The van der Waals surface area contributed by atoms with Gasteiger partial charge in [-0.25, -0.2) is 0 Å². The summed E-state index contributed by atoms with van der Waals surface area (Å²) in [4.78, 5) is 0. The van der Waals surface area contributed by atoms with Gasteiger partial charge in [-0.2, -0.15) is 0 Å². The zero-order valence-corrected chi connectivity index (χ0v) is 9.51. The van der Waals surface area contributed by atoms with Crippen LogP contribution in [-0.4, -0.2) is 17.8 Å². The van der Waals surface area contributed by atoms with E-state index in [2.05, 4.69) is 15.9 Å². The first kappa shape index (κ1) is 12.9. The number of aliphatic hydroxyl groups is 1. The van der Waals surface area contributed by atoms with E-state index in [1.807, 2.05) is 24.3 Å². The maximum atomic E-state index is 9.24. The van der Waals surface area contributed by atoms with Gasteiger partial charge in [0, 0.05) is 11.0 Å². The first-order valence-electron chi connectivity index (χ1n) is 3.85. The Morgan fingerprint density at radius 3 is 2.31 bits per heavy atom. The normalized spacial score (nSPS) is 11.9. The zero-order valence-electron chi connectivity index (χ0n) is 7.11. The zero-order chi connectivity index (χ0) is 8.97. The van der Waals surface area contributed by atoms with Gasteiger partial charge < -0.3 is 10.8 Å². The quantitative estimate of drug-likeness (QED) is 0.875. The molecule has 0 heterocycles. The number of aliphatic hydroxyl groups excluding tert-OH is 1. The molecule has 1 aromatic carbocycles. The van der Waals surface area contributed by atoms with Crippen molar-refractivity contribution in [2.45, 2.75) is 12.5 Å². The predicted octanol–water partition coefficient (Wildman–Crippen LogP) is 1.73. The predicted molar refractivity (Wildman–Crippen MR) is 60.2 cm³/mol. The van der Waals surface area contributed by atoms with Gasteiger partial charge in [0.1, 0.15) is 0 Å². The molecule has 0 saturated heterocycles. The molecule has 1 atom stereocenters. The van der Waals surface area contributed by atoms with Crippen molar-refractivity contribution in [3.8, 4) is 0 Å². The Balaban J connectivity index is 0.00000144. The lowest BCUT2D eigenvalue weighted by molar-refractivity contribution is 0.183. The molecule has 0 spiro atoms. The van der Waals surface area contributed by atoms with Gasteiger partial charge in [0.15, 0.2) is 0 Å². The lowest BCUT2D eigenvalue weighted by Crippen LogP contribution is -2.21. The first-order chi connectivity index (χ1) is 5.72. The van der Waals surface area contributed by atoms with E-state index < -0.39 is 6.10 Å². The molecule has 1 aromatic rings. The third kappa shape index (κ3) is 4.62. The summed E-state index contributed by atoms with van der Waals surface area (Å²) in [5.74, 6) is 0. The van der Waals surface area contributed by atoms with Crippen LogP contribution in [0.4, 0.5) is 0 Å². The van der Waals surface area contributed by atoms with Gasteiger partial charge in [-0.3, -0.25) is 0 Å². The van der Waals surface area contributed by atoms with Crippen LogP contribution in [0.1, 0.15) is 5.56 Å². The molecule has 74 valence electrons. The minimum atomic E-state index is -0.425. The molecule has 0 fully saturated rings. The van der Waals surface area contributed by atoms with E-state index in [0.29, 0.717) is 13.0 Å². The van der Waals surface area contributed by atoms with Crippen LogP contribution in [0.25, 0.3) is 0 Å². The molecule has 0 amide bonds. The molecule has 1 rings (SSSR count). The summed E-state index contributed by atoms with van der Waals surface area (Å²) >= 11 is 3.34. The fourth-order valence-corrected chi connectivity index (χ4v) is 1.24. The molecule has 0 aliphatic carbocycles. The molecule has 1 unspecified atom stereocenters. The molecule has 4 heteroatoms. The van der Waals surface area contributed by atoms with Crippen LogP contribution < -0.4 is 5.73 Å². The van der Waals surface area contributed by atoms with Crippen LogP contribution in [0.5, 0.6) is 0 Å². The van der Waals surface area contributed by atoms with Gasteiger partial charge in [-0.1, -0.05) is 28.1 Å². The summed E-state index contributed by atoms with van der Waals surface area (Å²) in [6.45, 7) is 0.316. The van der Waals surface area contributed by atoms with Gasteiger partial charge in [-0.05, 0) is 24.1 Å². The summed E-state index contributed by atoms with van der Waals surface area (Å²) in [7, 11) is 0. The third-order valence-electron chi connectivity index (χ3n) is 1.66. The molecule has 2 nitrogen and oxygen atoms in total. The molecule has 3 N–H and O–H groups in total. The third-order valence-corrected chi connectivity index (χ3v) is 2.19. The lowest BCUT2D eigenvalue weighted by atomic mass is 10.1. The molecule has 13 heavy (non-hydrogen) atoms. The Bertz CT molecular complexity index is 240. The first-order valence-corrected chi connectivity index (χ1v) is 4.64. The highest BCUT2D eigenvalue weighted by atomic mass is 79.9. The van der Waals surface area contributed by atoms with Gasteiger partial charge in [0.2, 0.25) is 0 Å². The monoisotopic (exact) mass is 265 g/mol. The maximum Gasteiger partial charge on any atom is 0.0702 e. The van der Waals surface area contributed by atoms with E-state index in [0.717, 1.165) is 10.0 Å². The minimum Gasteiger partial charge on any atom is -0.391 e. The molecular formula is C9H13BrClNO. The number of nitrogens with two attached hydrogens (primary N) is 1. The van der Waals surface area contributed by atoms with Crippen molar-refractivity contribution in [2.24, 2.45) is 5.73 Å². The molecule has 0 bridgehead atoms. The van der Waals surface area contributed by atoms with Crippen molar-refractivity contribution in [2.75, 3.05) is 6.54 Å². The number of hydrogen-bond donors (Lipinski definition) is 2. The Hall–Kier alpha value is -0.0900. The molecule has 0 aliphatic rings. The second kappa shape index (κ2) is 6.38. The molecule has 0 saturated carbocycles. The van der Waals surface area contributed by atoms with Crippen molar-refractivity contribution in [1.29, 1.82) is 0 Å². The average molecular weight is 267 g/mol. The van der Waals surface area contributed by atoms with Crippen molar-refractivity contribution in [1.82, 2.24) is 0 Å². The van der Waals surface area contributed by atoms with E-state index in [4.69, 9.17) is 5.73 Å². The van der Waals surface area contributed by atoms with Crippen LogP contribution in [0, 0.1) is 0 Å². The summed E-state index contributed by atoms with van der Waals surface area (Å²) < 4.78 is 1.05. The SMILES string of the molecule is Cl.NCC(O)Cc1ccc(Br)cc1. The average Bonchev–Trinajstić information content (AvgIpc) is 2.09. The fourth-order valence-electron chi connectivity index (χ4n) is 0.976. The van der Waals surface area contributed by atoms with Crippen LogP contribution in [0.2, 0.25) is 0 Å². The summed E-state index contributed by atoms with van der Waals surface area (Å²) in [6.07, 6.45) is 0.204. The Labute approximate surface area is 92.7 Å². The number of rotatable bonds is 3. The van der Waals surface area contributed by atoms with Crippen molar-refractivity contribution in [3.63, 3.8) is 0 Å². The van der Waals surface area contributed by atoms with Crippen molar-refractivity contribution in [3.05, 3.63) is 34.3 Å². The smallest absolute Gasteiger partial charge is 0.0702 e. The summed E-state index contributed by atoms with van der Waals surface area (Å²) in [6, 6.07) is 7.86. The maximum absolute atomic E-state index is 9.24. The van der Waals surface area contributed by atoms with E-state index >= 15 is 0 Å². The van der Waals surface area contributed by atoms with E-state index in [1.165, 1.54) is 0 Å².